The van der Waals surface area contributed by atoms with Crippen molar-refractivity contribution in [1.82, 2.24) is 20.1 Å². The molecule has 1 saturated heterocycles. The minimum Gasteiger partial charge on any atom is -0.480 e. The van der Waals surface area contributed by atoms with Crippen molar-refractivity contribution in [3.63, 3.8) is 0 Å². The van der Waals surface area contributed by atoms with Crippen LogP contribution >= 0.6 is 11.8 Å². The predicted molar refractivity (Wildman–Crippen MR) is 74.6 cm³/mol. The van der Waals surface area contributed by atoms with Crippen LogP contribution < -0.4 is 0 Å². The van der Waals surface area contributed by atoms with E-state index in [1.807, 2.05) is 27.7 Å². The van der Waals surface area contributed by atoms with Crippen LogP contribution in [0.4, 0.5) is 0 Å². The molecular formula is C12H18N4O3S. The molecule has 1 aliphatic rings. The smallest absolute Gasteiger partial charge is 0.327 e. The number of H-pyrrole nitrogens is 1. The van der Waals surface area contributed by atoms with Crippen LogP contribution in [0.5, 0.6) is 0 Å². The van der Waals surface area contributed by atoms with Crippen molar-refractivity contribution in [2.45, 2.75) is 44.5 Å². The van der Waals surface area contributed by atoms with Crippen LogP contribution in [-0.2, 0) is 10.2 Å². The number of carboxylic acids is 1. The summed E-state index contributed by atoms with van der Waals surface area (Å²) in [5, 5.41) is 15.7. The first-order chi connectivity index (χ1) is 9.21. The molecular weight excluding hydrogens is 280 g/mol. The lowest BCUT2D eigenvalue weighted by Crippen LogP contribution is -2.45. The van der Waals surface area contributed by atoms with Crippen molar-refractivity contribution in [3.8, 4) is 0 Å². The first-order valence-corrected chi connectivity index (χ1v) is 7.36. The second-order valence-corrected chi connectivity index (χ2v) is 7.11. The molecule has 20 heavy (non-hydrogen) atoms. The van der Waals surface area contributed by atoms with Gasteiger partial charge in [-0.15, -0.1) is 16.9 Å². The molecule has 0 radical (unpaired) electrons. The number of aromatic amines is 1. The van der Waals surface area contributed by atoms with Gasteiger partial charge in [-0.3, -0.25) is 9.89 Å². The summed E-state index contributed by atoms with van der Waals surface area (Å²) in [7, 11) is 0. The highest BCUT2D eigenvalue weighted by molar-refractivity contribution is 8.00. The normalized spacial score (nSPS) is 23.1. The zero-order valence-electron chi connectivity index (χ0n) is 11.9. The number of nitrogens with zero attached hydrogens (tertiary/aromatic N) is 3. The van der Waals surface area contributed by atoms with E-state index < -0.39 is 17.9 Å². The number of rotatable bonds is 2. The van der Waals surface area contributed by atoms with E-state index >= 15 is 0 Å². The Bertz CT molecular complexity index is 537. The maximum atomic E-state index is 12.4. The molecule has 2 heterocycles. The number of carbonyl (C=O) groups excluding carboxylic acids is 1. The molecule has 0 bridgehead atoms. The molecule has 0 aromatic carbocycles. The van der Waals surface area contributed by atoms with Crippen LogP contribution in [0.2, 0.25) is 0 Å². The van der Waals surface area contributed by atoms with Crippen molar-refractivity contribution < 1.29 is 14.7 Å². The number of aromatic nitrogens is 3. The fourth-order valence-electron chi connectivity index (χ4n) is 1.95. The van der Waals surface area contributed by atoms with Crippen LogP contribution in [0.15, 0.2) is 0 Å². The van der Waals surface area contributed by atoms with E-state index in [-0.39, 0.29) is 16.6 Å². The molecule has 110 valence electrons. The summed E-state index contributed by atoms with van der Waals surface area (Å²) >= 11 is 1.44. The Hall–Kier alpha value is -1.57. The number of carboxylic acid groups (broad SMARTS) is 1. The third-order valence-electron chi connectivity index (χ3n) is 3.13. The lowest BCUT2D eigenvalue weighted by atomic mass is 9.96. The Balaban J connectivity index is 2.26. The van der Waals surface area contributed by atoms with Gasteiger partial charge in [-0.1, -0.05) is 20.8 Å². The van der Waals surface area contributed by atoms with E-state index in [1.165, 1.54) is 16.7 Å². The van der Waals surface area contributed by atoms with Gasteiger partial charge < -0.3 is 10.0 Å². The maximum absolute atomic E-state index is 12.4. The molecule has 1 amide bonds. The van der Waals surface area contributed by atoms with Crippen LogP contribution in [-0.4, -0.2) is 54.2 Å². The number of nitrogens with one attached hydrogen (secondary N) is 1. The minimum absolute atomic E-state index is 0.0236. The summed E-state index contributed by atoms with van der Waals surface area (Å²) in [5.41, 5.74) is -0.247. The third-order valence-corrected chi connectivity index (χ3v) is 4.35. The topological polar surface area (TPSA) is 99.2 Å². The molecule has 7 nitrogen and oxygen atoms in total. The number of thioether (sulfide) groups is 1. The number of carbonyl (C=O) groups is 2. The van der Waals surface area contributed by atoms with E-state index in [9.17, 15) is 14.7 Å². The monoisotopic (exact) mass is 298 g/mol. The highest BCUT2D eigenvalue weighted by atomic mass is 32.2. The number of hydrogen-bond donors (Lipinski definition) is 2. The predicted octanol–water partition coefficient (Wildman–Crippen LogP) is 1.09. The Kier molecular flexibility index (Phi) is 3.77. The van der Waals surface area contributed by atoms with E-state index in [0.717, 1.165) is 0 Å². The third kappa shape index (κ3) is 2.65. The molecule has 2 unspecified atom stereocenters. The summed E-state index contributed by atoms with van der Waals surface area (Å²) in [6.45, 7) is 7.67. The Morgan fingerprint density at radius 3 is 2.60 bits per heavy atom. The summed E-state index contributed by atoms with van der Waals surface area (Å²) in [5.74, 6) is -0.426. The van der Waals surface area contributed by atoms with Gasteiger partial charge in [0.15, 0.2) is 0 Å². The summed E-state index contributed by atoms with van der Waals surface area (Å²) in [6.07, 6.45) is 0. The molecule has 1 aromatic heterocycles. The molecule has 8 heteroatoms. The Morgan fingerprint density at radius 1 is 1.45 bits per heavy atom. The number of amides is 1. The fourth-order valence-corrected chi connectivity index (χ4v) is 3.12. The van der Waals surface area contributed by atoms with Crippen molar-refractivity contribution in [1.29, 1.82) is 0 Å². The molecule has 1 fully saturated rings. The average Bonchev–Trinajstić information content (AvgIpc) is 2.93. The van der Waals surface area contributed by atoms with E-state index in [1.54, 1.807) is 0 Å². The number of hydrogen-bond acceptors (Lipinski definition) is 5. The van der Waals surface area contributed by atoms with Crippen LogP contribution in [0, 0.1) is 0 Å². The van der Waals surface area contributed by atoms with Crippen molar-refractivity contribution >= 4 is 23.6 Å². The van der Waals surface area contributed by atoms with E-state index in [0.29, 0.717) is 11.6 Å². The first-order valence-electron chi connectivity index (χ1n) is 6.31. The standard InChI is InChI=1S/C12H18N4O3S/c1-6-16(7(5-20-6)10(18)19)9(17)8-13-11(15-14-8)12(2,3)4/h6-7H,5H2,1-4H3,(H,18,19)(H,13,14,15). The average molecular weight is 298 g/mol. The van der Waals surface area contributed by atoms with E-state index in [4.69, 9.17) is 0 Å². The summed E-state index contributed by atoms with van der Waals surface area (Å²) in [4.78, 5) is 29.1. The van der Waals surface area contributed by atoms with Gasteiger partial charge in [-0.05, 0) is 6.92 Å². The van der Waals surface area contributed by atoms with Crippen LogP contribution in [0.1, 0.15) is 44.1 Å². The van der Waals surface area contributed by atoms with Gasteiger partial charge in [0, 0.05) is 11.2 Å². The molecule has 2 atom stereocenters. The van der Waals surface area contributed by atoms with Gasteiger partial charge >= 0.3 is 5.97 Å². The first kappa shape index (κ1) is 14.8. The highest BCUT2D eigenvalue weighted by Gasteiger charge is 2.41. The lowest BCUT2D eigenvalue weighted by Gasteiger charge is -2.23. The molecule has 2 rings (SSSR count). The summed E-state index contributed by atoms with van der Waals surface area (Å²) in [6, 6.07) is -0.820. The zero-order chi connectivity index (χ0) is 15.1. The van der Waals surface area contributed by atoms with Crippen molar-refractivity contribution in [2.75, 3.05) is 5.75 Å². The van der Waals surface area contributed by atoms with Gasteiger partial charge in [-0.25, -0.2) is 9.78 Å². The maximum Gasteiger partial charge on any atom is 0.327 e. The molecule has 2 N–H and O–H groups in total. The minimum atomic E-state index is -0.998. The van der Waals surface area contributed by atoms with Crippen molar-refractivity contribution in [3.05, 3.63) is 11.6 Å². The lowest BCUT2D eigenvalue weighted by molar-refractivity contribution is -0.141. The van der Waals surface area contributed by atoms with Crippen LogP contribution in [0.25, 0.3) is 0 Å². The highest BCUT2D eigenvalue weighted by Crippen LogP contribution is 2.30. The van der Waals surface area contributed by atoms with Gasteiger partial charge in [-0.2, -0.15) is 0 Å². The van der Waals surface area contributed by atoms with Gasteiger partial charge in [0.05, 0.1) is 5.37 Å². The second kappa shape index (κ2) is 5.08. The molecule has 0 saturated carbocycles. The van der Waals surface area contributed by atoms with Gasteiger partial charge in [0.1, 0.15) is 11.9 Å². The second-order valence-electron chi connectivity index (χ2n) is 5.76. The summed E-state index contributed by atoms with van der Waals surface area (Å²) < 4.78 is 0. The van der Waals surface area contributed by atoms with Gasteiger partial charge in [0.2, 0.25) is 5.82 Å². The van der Waals surface area contributed by atoms with Crippen molar-refractivity contribution in [2.24, 2.45) is 0 Å². The Morgan fingerprint density at radius 2 is 2.10 bits per heavy atom. The van der Waals surface area contributed by atoms with Crippen LogP contribution in [0.3, 0.4) is 0 Å². The quantitative estimate of drug-likeness (QED) is 0.848. The zero-order valence-corrected chi connectivity index (χ0v) is 12.7. The SMILES string of the molecule is CC1SCC(C(=O)O)N1C(=O)c1n[nH]c(C(C)(C)C)n1. The molecule has 0 aliphatic carbocycles. The Labute approximate surface area is 121 Å². The molecule has 1 aliphatic heterocycles. The molecule has 1 aromatic rings. The van der Waals surface area contributed by atoms with Gasteiger partial charge in [0.25, 0.3) is 5.91 Å². The number of aliphatic carboxylic acids is 1. The fraction of sp³-hybridized carbons (Fsp3) is 0.667. The van der Waals surface area contributed by atoms with E-state index in [2.05, 4.69) is 15.2 Å². The largest absolute Gasteiger partial charge is 0.480 e. The molecule has 0 spiro atoms.